The Labute approximate surface area is 161 Å². The zero-order valence-corrected chi connectivity index (χ0v) is 15.3. The lowest BCUT2D eigenvalue weighted by Gasteiger charge is -2.20. The molecule has 0 unspecified atom stereocenters. The Bertz CT molecular complexity index is 1020. The summed E-state index contributed by atoms with van der Waals surface area (Å²) in [5.41, 5.74) is 2.14. The van der Waals surface area contributed by atoms with Crippen molar-refractivity contribution in [1.29, 1.82) is 0 Å². The van der Waals surface area contributed by atoms with Gasteiger partial charge < -0.3 is 24.9 Å². The van der Waals surface area contributed by atoms with E-state index < -0.39 is 5.97 Å². The number of fused-ring (bicyclic) bond motifs is 1. The van der Waals surface area contributed by atoms with E-state index in [0.717, 1.165) is 24.3 Å². The van der Waals surface area contributed by atoms with Gasteiger partial charge in [-0.2, -0.15) is 0 Å². The summed E-state index contributed by atoms with van der Waals surface area (Å²) in [6, 6.07) is 13.9. The molecule has 1 aliphatic heterocycles. The van der Waals surface area contributed by atoms with E-state index in [1.807, 2.05) is 24.3 Å². The second-order valence-electron chi connectivity index (χ2n) is 6.76. The molecule has 144 valence electrons. The van der Waals surface area contributed by atoms with Gasteiger partial charge in [0.05, 0.1) is 13.2 Å². The van der Waals surface area contributed by atoms with Crippen LogP contribution in [0.1, 0.15) is 28.5 Å². The van der Waals surface area contributed by atoms with Crippen LogP contribution in [0.15, 0.2) is 52.9 Å². The van der Waals surface area contributed by atoms with Gasteiger partial charge in [-0.1, -0.05) is 12.1 Å². The second-order valence-corrected chi connectivity index (χ2v) is 6.76. The molecule has 1 fully saturated rings. The summed E-state index contributed by atoms with van der Waals surface area (Å²) in [7, 11) is 1.62. The molecule has 1 amide bonds. The number of hydrogen-bond donors (Lipinski definition) is 3. The van der Waals surface area contributed by atoms with Gasteiger partial charge in [0, 0.05) is 17.0 Å². The highest BCUT2D eigenvalue weighted by Gasteiger charge is 2.33. The molecule has 2 aromatic carbocycles. The summed E-state index contributed by atoms with van der Waals surface area (Å²) in [6.45, 7) is 0.761. The predicted molar refractivity (Wildman–Crippen MR) is 104 cm³/mol. The lowest BCUT2D eigenvalue weighted by Crippen LogP contribution is -2.39. The largest absolute Gasteiger partial charge is 0.497 e. The van der Waals surface area contributed by atoms with Gasteiger partial charge in [0.2, 0.25) is 11.7 Å². The van der Waals surface area contributed by atoms with Crippen LogP contribution in [0.3, 0.4) is 0 Å². The normalized spacial score (nSPS) is 18.9. The van der Waals surface area contributed by atoms with Gasteiger partial charge >= 0.3 is 5.97 Å². The van der Waals surface area contributed by atoms with Gasteiger partial charge in [-0.15, -0.1) is 0 Å². The number of carboxylic acid groups (broad SMARTS) is 1. The third kappa shape index (κ3) is 3.44. The van der Waals surface area contributed by atoms with Gasteiger partial charge in [-0.05, 0) is 54.9 Å². The minimum atomic E-state index is -1.13. The molecule has 1 aliphatic rings. The number of carbonyl (C=O) groups is 2. The topological polar surface area (TPSA) is 101 Å². The fraction of sp³-hybridized carbons (Fsp3) is 0.238. The summed E-state index contributed by atoms with van der Waals surface area (Å²) >= 11 is 0. The lowest BCUT2D eigenvalue weighted by molar-refractivity contribution is -0.118. The Balaban J connectivity index is 1.51. The summed E-state index contributed by atoms with van der Waals surface area (Å²) in [5, 5.41) is 15.9. The molecule has 0 spiro atoms. The lowest BCUT2D eigenvalue weighted by atomic mass is 9.91. The molecular weight excluding hydrogens is 360 g/mol. The third-order valence-corrected chi connectivity index (χ3v) is 5.04. The van der Waals surface area contributed by atoms with Crippen LogP contribution in [0.2, 0.25) is 0 Å². The van der Waals surface area contributed by atoms with Crippen molar-refractivity contribution in [3.05, 3.63) is 59.9 Å². The van der Waals surface area contributed by atoms with Crippen LogP contribution >= 0.6 is 0 Å². The molecule has 3 aromatic rings. The van der Waals surface area contributed by atoms with Gasteiger partial charge in [0.15, 0.2) is 0 Å². The number of carboxylic acids is 1. The highest BCUT2D eigenvalue weighted by atomic mass is 16.5. The molecule has 1 aromatic heterocycles. The van der Waals surface area contributed by atoms with E-state index >= 15 is 0 Å². The molecular formula is C21H20N2O5. The molecule has 7 heteroatoms. The van der Waals surface area contributed by atoms with E-state index in [1.165, 1.54) is 6.07 Å². The average molecular weight is 380 g/mol. The number of nitrogens with one attached hydrogen (secondary N) is 2. The Morgan fingerprint density at radius 1 is 1.18 bits per heavy atom. The SMILES string of the molecule is COc1ccc([C@@H]2CCN[C@@H]2C(=O)Nc2ccc3oc(C(=O)O)cc3c2)cc1. The zero-order valence-electron chi connectivity index (χ0n) is 15.3. The van der Waals surface area contributed by atoms with Crippen molar-refractivity contribution in [3.8, 4) is 5.75 Å². The Hall–Kier alpha value is -3.32. The van der Waals surface area contributed by atoms with Crippen molar-refractivity contribution < 1.29 is 23.8 Å². The number of ether oxygens (including phenoxy) is 1. The fourth-order valence-corrected chi connectivity index (χ4v) is 3.64. The van der Waals surface area contributed by atoms with Gasteiger partial charge in [-0.25, -0.2) is 4.79 Å². The standard InChI is InChI=1S/C21H20N2O5/c1-27-15-5-2-12(3-6-15)16-8-9-22-19(16)20(24)23-14-4-7-17-13(10-14)11-18(28-17)21(25)26/h2-7,10-11,16,19,22H,8-9H2,1H3,(H,23,24)(H,25,26)/t16-,19-/m0/s1. The van der Waals surface area contributed by atoms with Crippen molar-refractivity contribution in [1.82, 2.24) is 5.32 Å². The molecule has 0 saturated carbocycles. The maximum absolute atomic E-state index is 12.9. The van der Waals surface area contributed by atoms with E-state index in [0.29, 0.717) is 16.7 Å². The number of methoxy groups -OCH3 is 1. The van der Waals surface area contributed by atoms with Gasteiger partial charge in [0.1, 0.15) is 11.3 Å². The summed E-state index contributed by atoms with van der Waals surface area (Å²) < 4.78 is 10.4. The number of amides is 1. The predicted octanol–water partition coefficient (Wildman–Crippen LogP) is 3.22. The molecule has 0 radical (unpaired) electrons. The van der Waals surface area contributed by atoms with E-state index in [1.54, 1.807) is 25.3 Å². The number of carbonyl (C=O) groups excluding carboxylic acids is 1. The summed E-state index contributed by atoms with van der Waals surface area (Å²) in [6.07, 6.45) is 0.868. The zero-order chi connectivity index (χ0) is 19.7. The molecule has 2 atom stereocenters. The maximum Gasteiger partial charge on any atom is 0.371 e. The van der Waals surface area contributed by atoms with Crippen molar-refractivity contribution in [2.75, 3.05) is 19.0 Å². The molecule has 1 saturated heterocycles. The monoisotopic (exact) mass is 380 g/mol. The number of aromatic carboxylic acids is 1. The minimum Gasteiger partial charge on any atom is -0.497 e. The highest BCUT2D eigenvalue weighted by molar-refractivity contribution is 5.98. The molecule has 2 heterocycles. The Morgan fingerprint density at radius 2 is 1.96 bits per heavy atom. The number of benzene rings is 2. The van der Waals surface area contributed by atoms with Crippen molar-refractivity contribution >= 4 is 28.5 Å². The number of anilines is 1. The van der Waals surface area contributed by atoms with Crippen molar-refractivity contribution in [3.63, 3.8) is 0 Å². The van der Waals surface area contributed by atoms with Crippen molar-refractivity contribution in [2.24, 2.45) is 0 Å². The van der Waals surface area contributed by atoms with Crippen LogP contribution in [0.4, 0.5) is 5.69 Å². The van der Waals surface area contributed by atoms with Gasteiger partial charge in [0.25, 0.3) is 0 Å². The van der Waals surface area contributed by atoms with E-state index in [4.69, 9.17) is 14.3 Å². The number of rotatable bonds is 5. The van der Waals surface area contributed by atoms with Crippen LogP contribution < -0.4 is 15.4 Å². The molecule has 0 bridgehead atoms. The van der Waals surface area contributed by atoms with E-state index in [-0.39, 0.29) is 23.6 Å². The first-order valence-corrected chi connectivity index (χ1v) is 9.00. The molecule has 0 aliphatic carbocycles. The van der Waals surface area contributed by atoms with Crippen molar-refractivity contribution in [2.45, 2.75) is 18.4 Å². The van der Waals surface area contributed by atoms with Crippen LogP contribution in [0.25, 0.3) is 11.0 Å². The molecule has 3 N–H and O–H groups in total. The highest BCUT2D eigenvalue weighted by Crippen LogP contribution is 2.30. The van der Waals surface area contributed by atoms with Gasteiger partial charge in [-0.3, -0.25) is 4.79 Å². The molecule has 28 heavy (non-hydrogen) atoms. The fourth-order valence-electron chi connectivity index (χ4n) is 3.64. The Morgan fingerprint density at radius 3 is 2.68 bits per heavy atom. The number of hydrogen-bond acceptors (Lipinski definition) is 5. The van der Waals surface area contributed by atoms with E-state index in [2.05, 4.69) is 10.6 Å². The van der Waals surface area contributed by atoms with Crippen LogP contribution in [-0.4, -0.2) is 36.7 Å². The maximum atomic E-state index is 12.9. The minimum absolute atomic E-state index is 0.0715. The van der Waals surface area contributed by atoms with E-state index in [9.17, 15) is 9.59 Å². The average Bonchev–Trinajstić information content (AvgIpc) is 3.35. The second kappa shape index (κ2) is 7.36. The Kier molecular flexibility index (Phi) is 4.75. The first kappa shape index (κ1) is 18.1. The van der Waals surface area contributed by atoms with Crippen LogP contribution in [0.5, 0.6) is 5.75 Å². The molecule has 7 nitrogen and oxygen atoms in total. The number of furan rings is 1. The first-order valence-electron chi connectivity index (χ1n) is 9.00. The summed E-state index contributed by atoms with van der Waals surface area (Å²) in [5.74, 6) is -0.526. The third-order valence-electron chi connectivity index (χ3n) is 5.04. The first-order chi connectivity index (χ1) is 13.5. The quantitative estimate of drug-likeness (QED) is 0.628. The smallest absolute Gasteiger partial charge is 0.371 e. The van der Waals surface area contributed by atoms with Crippen LogP contribution in [-0.2, 0) is 4.79 Å². The summed E-state index contributed by atoms with van der Waals surface area (Å²) in [4.78, 5) is 23.9. The molecule has 4 rings (SSSR count). The van der Waals surface area contributed by atoms with Crippen LogP contribution in [0, 0.1) is 0 Å².